The van der Waals surface area contributed by atoms with Crippen molar-refractivity contribution in [3.63, 3.8) is 0 Å². The first-order valence-corrected chi connectivity index (χ1v) is 12.6. The Morgan fingerprint density at radius 3 is 2.40 bits per heavy atom. The number of carbonyl (C=O) groups is 1. The number of amides is 1. The zero-order chi connectivity index (χ0) is 25.5. The molecule has 6 nitrogen and oxygen atoms in total. The number of likely N-dealkylation sites (tertiary alicyclic amines) is 1. The fourth-order valence-electron chi connectivity index (χ4n) is 4.33. The molecule has 2 fully saturated rings. The van der Waals surface area contributed by atoms with Gasteiger partial charge in [-0.25, -0.2) is 35.1 Å². The van der Waals surface area contributed by atoms with Gasteiger partial charge in [-0.2, -0.15) is 0 Å². The highest BCUT2D eigenvalue weighted by molar-refractivity contribution is 7.89. The monoisotopic (exact) mass is 518 g/mol. The molecule has 0 saturated carbocycles. The van der Waals surface area contributed by atoms with Crippen LogP contribution in [0.4, 0.5) is 22.0 Å². The summed E-state index contributed by atoms with van der Waals surface area (Å²) in [6.07, 6.45) is -1.07. The standard InChI is InChI=1S/C23H23F5N2O4S/c1-2-35(32,33)29-21-18(30(12-23(21,27)28)22(31)19-6-7-34-19)10-13-4-3-5-17(20(13)26)14-8-15(24)11-16(25)9-14/h3-5,8-9,11,18-19,21,29H,2,6-7,10,12H2,1H3/t18-,19-,21+/m0/s1. The molecule has 0 radical (unpaired) electrons. The van der Waals surface area contributed by atoms with Gasteiger partial charge in [0.05, 0.1) is 24.9 Å². The van der Waals surface area contributed by atoms with E-state index in [4.69, 9.17) is 4.74 Å². The Kier molecular flexibility index (Phi) is 6.91. The minimum atomic E-state index is -4.11. The van der Waals surface area contributed by atoms with Crippen LogP contribution in [0.25, 0.3) is 11.1 Å². The summed E-state index contributed by atoms with van der Waals surface area (Å²) in [6.45, 7) is 0.499. The first-order valence-electron chi connectivity index (χ1n) is 11.0. The van der Waals surface area contributed by atoms with Gasteiger partial charge in [-0.1, -0.05) is 18.2 Å². The number of alkyl halides is 2. The van der Waals surface area contributed by atoms with Crippen LogP contribution in [0, 0.1) is 17.5 Å². The Balaban J connectivity index is 1.73. The molecule has 2 saturated heterocycles. The van der Waals surface area contributed by atoms with E-state index < -0.39 is 76.2 Å². The number of carbonyl (C=O) groups excluding carboxylic acids is 1. The van der Waals surface area contributed by atoms with Crippen LogP contribution >= 0.6 is 0 Å². The highest BCUT2D eigenvalue weighted by atomic mass is 32.2. The van der Waals surface area contributed by atoms with Crippen LogP contribution in [0.3, 0.4) is 0 Å². The smallest absolute Gasteiger partial charge is 0.283 e. The second-order valence-electron chi connectivity index (χ2n) is 8.58. The van der Waals surface area contributed by atoms with Crippen molar-refractivity contribution in [3.8, 4) is 11.1 Å². The lowest BCUT2D eigenvalue weighted by molar-refractivity contribution is -0.158. The van der Waals surface area contributed by atoms with Gasteiger partial charge in [0, 0.05) is 18.1 Å². The lowest BCUT2D eigenvalue weighted by Crippen LogP contribution is -2.54. The Bertz CT molecular complexity index is 1220. The average Bonchev–Trinajstić information content (AvgIpc) is 2.97. The highest BCUT2D eigenvalue weighted by Gasteiger charge is 2.58. The fourth-order valence-corrected chi connectivity index (χ4v) is 5.21. The Morgan fingerprint density at radius 1 is 1.17 bits per heavy atom. The van der Waals surface area contributed by atoms with E-state index in [2.05, 4.69) is 0 Å². The summed E-state index contributed by atoms with van der Waals surface area (Å²) in [5, 5.41) is 0. The molecule has 0 spiro atoms. The molecule has 2 aromatic rings. The molecule has 190 valence electrons. The van der Waals surface area contributed by atoms with Gasteiger partial charge in [-0.15, -0.1) is 0 Å². The summed E-state index contributed by atoms with van der Waals surface area (Å²) in [5.74, 6) is -7.61. The summed E-state index contributed by atoms with van der Waals surface area (Å²) >= 11 is 0. The zero-order valence-electron chi connectivity index (χ0n) is 18.6. The number of ether oxygens (including phenoxy) is 1. The first kappa shape index (κ1) is 25.5. The maximum absolute atomic E-state index is 15.5. The summed E-state index contributed by atoms with van der Waals surface area (Å²) in [7, 11) is -4.11. The number of nitrogens with one attached hydrogen (secondary N) is 1. The molecule has 35 heavy (non-hydrogen) atoms. The topological polar surface area (TPSA) is 75.7 Å². The zero-order valence-corrected chi connectivity index (χ0v) is 19.4. The molecule has 1 N–H and O–H groups in total. The molecular formula is C23H23F5N2O4S. The average molecular weight is 519 g/mol. The van der Waals surface area contributed by atoms with Gasteiger partial charge in [-0.3, -0.25) is 4.79 Å². The van der Waals surface area contributed by atoms with Gasteiger partial charge in [0.25, 0.3) is 11.8 Å². The van der Waals surface area contributed by atoms with Crippen LogP contribution in [-0.4, -0.2) is 62.2 Å². The third-order valence-electron chi connectivity index (χ3n) is 6.25. The second kappa shape index (κ2) is 9.47. The maximum atomic E-state index is 15.5. The second-order valence-corrected chi connectivity index (χ2v) is 10.6. The molecule has 2 aliphatic heterocycles. The number of sulfonamides is 1. The van der Waals surface area contributed by atoms with Crippen molar-refractivity contribution in [2.75, 3.05) is 18.9 Å². The third kappa shape index (κ3) is 5.19. The minimum Gasteiger partial charge on any atom is -0.368 e. The van der Waals surface area contributed by atoms with Crippen molar-refractivity contribution in [1.82, 2.24) is 9.62 Å². The highest BCUT2D eigenvalue weighted by Crippen LogP contribution is 2.37. The number of benzene rings is 2. The molecule has 0 bridgehead atoms. The van der Waals surface area contributed by atoms with Crippen molar-refractivity contribution in [2.45, 2.75) is 43.9 Å². The number of hydrogen-bond donors (Lipinski definition) is 1. The number of nitrogens with zero attached hydrogens (tertiary/aromatic N) is 1. The summed E-state index contributed by atoms with van der Waals surface area (Å²) < 4.78 is 104. The third-order valence-corrected chi connectivity index (χ3v) is 7.62. The molecule has 0 aliphatic carbocycles. The molecule has 0 unspecified atom stereocenters. The molecule has 3 atom stereocenters. The van der Waals surface area contributed by atoms with Crippen LogP contribution in [0.2, 0.25) is 0 Å². The Morgan fingerprint density at radius 2 is 1.83 bits per heavy atom. The molecule has 4 rings (SSSR count). The van der Waals surface area contributed by atoms with E-state index in [1.165, 1.54) is 25.1 Å². The molecular weight excluding hydrogens is 495 g/mol. The SMILES string of the molecule is CCS(=O)(=O)N[C@@H]1[C@H](Cc2cccc(-c3cc(F)cc(F)c3)c2F)N(C(=O)[C@@H]2CCO2)CC1(F)F. The van der Waals surface area contributed by atoms with Crippen LogP contribution in [0.15, 0.2) is 36.4 Å². The molecule has 12 heteroatoms. The Hall–Kier alpha value is -2.57. The predicted molar refractivity (Wildman–Crippen MR) is 117 cm³/mol. The van der Waals surface area contributed by atoms with Gasteiger partial charge < -0.3 is 9.64 Å². The normalized spacial score (nSPS) is 23.8. The molecule has 1 amide bonds. The van der Waals surface area contributed by atoms with Crippen molar-refractivity contribution < 1.29 is 39.9 Å². The van der Waals surface area contributed by atoms with E-state index in [1.54, 1.807) is 0 Å². The van der Waals surface area contributed by atoms with E-state index in [-0.39, 0.29) is 23.3 Å². The number of rotatable bonds is 7. The van der Waals surface area contributed by atoms with E-state index >= 15 is 13.2 Å². The largest absolute Gasteiger partial charge is 0.368 e. The molecule has 2 heterocycles. The van der Waals surface area contributed by atoms with E-state index in [1.807, 2.05) is 4.72 Å². The van der Waals surface area contributed by atoms with Gasteiger partial charge in [-0.05, 0) is 36.6 Å². The van der Waals surface area contributed by atoms with Crippen LogP contribution in [-0.2, 0) is 26.0 Å². The van der Waals surface area contributed by atoms with E-state index in [9.17, 15) is 22.0 Å². The first-order chi connectivity index (χ1) is 16.4. The summed E-state index contributed by atoms with van der Waals surface area (Å²) in [4.78, 5) is 13.7. The summed E-state index contributed by atoms with van der Waals surface area (Å²) in [5.41, 5.74) is -0.392. The number of hydrogen-bond acceptors (Lipinski definition) is 4. The van der Waals surface area contributed by atoms with Crippen LogP contribution in [0.5, 0.6) is 0 Å². The van der Waals surface area contributed by atoms with Crippen LogP contribution < -0.4 is 4.72 Å². The van der Waals surface area contributed by atoms with Crippen LogP contribution in [0.1, 0.15) is 18.9 Å². The predicted octanol–water partition coefficient (Wildman–Crippen LogP) is 3.26. The van der Waals surface area contributed by atoms with Crippen molar-refractivity contribution >= 4 is 15.9 Å². The van der Waals surface area contributed by atoms with E-state index in [0.717, 1.165) is 17.0 Å². The molecule has 2 aliphatic rings. The lowest BCUT2D eigenvalue weighted by Gasteiger charge is -2.34. The van der Waals surface area contributed by atoms with Gasteiger partial charge in [0.2, 0.25) is 10.0 Å². The minimum absolute atomic E-state index is 0.0994. The molecule has 2 aromatic carbocycles. The Labute approximate surface area is 199 Å². The van der Waals surface area contributed by atoms with Crippen molar-refractivity contribution in [1.29, 1.82) is 0 Å². The fraction of sp³-hybridized carbons (Fsp3) is 0.435. The van der Waals surface area contributed by atoms with E-state index in [0.29, 0.717) is 12.5 Å². The molecule has 0 aromatic heterocycles. The van der Waals surface area contributed by atoms with Crippen molar-refractivity contribution in [2.24, 2.45) is 0 Å². The van der Waals surface area contributed by atoms with Gasteiger partial charge in [0.1, 0.15) is 29.6 Å². The van der Waals surface area contributed by atoms with Gasteiger partial charge >= 0.3 is 0 Å². The van der Waals surface area contributed by atoms with Gasteiger partial charge in [0.15, 0.2) is 0 Å². The lowest BCUT2D eigenvalue weighted by atomic mass is 9.95. The summed E-state index contributed by atoms with van der Waals surface area (Å²) in [6, 6.07) is 2.99. The van der Waals surface area contributed by atoms with Crippen molar-refractivity contribution in [3.05, 3.63) is 59.4 Å². The number of halogens is 5. The maximum Gasteiger partial charge on any atom is 0.283 e. The quantitative estimate of drug-likeness (QED) is 0.571.